The lowest BCUT2D eigenvalue weighted by Crippen LogP contribution is -2.26. The lowest BCUT2D eigenvalue weighted by Gasteiger charge is -2.20. The molecule has 0 bridgehead atoms. The number of aromatic nitrogens is 4. The standard InChI is InChI=1S/C18H22FN5O/c1-11(2)7-15(18-21-10-22-24(18)3)20-9-12-8-16(25)13-5-4-6-14(19)17(13)23-12/h4-6,8,10-11,15,20H,7,9H2,1-3H3,(H,23,25). The van der Waals surface area contributed by atoms with Crippen LogP contribution < -0.4 is 10.7 Å². The smallest absolute Gasteiger partial charge is 0.189 e. The first-order valence-corrected chi connectivity index (χ1v) is 8.33. The maximum atomic E-state index is 14.0. The van der Waals surface area contributed by atoms with E-state index in [1.54, 1.807) is 10.7 Å². The third-order valence-corrected chi connectivity index (χ3v) is 4.17. The Morgan fingerprint density at radius 3 is 2.84 bits per heavy atom. The molecule has 3 rings (SSSR count). The molecule has 0 fully saturated rings. The van der Waals surface area contributed by atoms with Crippen LogP contribution in [0.3, 0.4) is 0 Å². The molecule has 6 nitrogen and oxygen atoms in total. The van der Waals surface area contributed by atoms with Gasteiger partial charge in [0.25, 0.3) is 0 Å². The van der Waals surface area contributed by atoms with Gasteiger partial charge in [-0.05, 0) is 24.5 Å². The van der Waals surface area contributed by atoms with Gasteiger partial charge >= 0.3 is 0 Å². The topological polar surface area (TPSA) is 75.6 Å². The average Bonchev–Trinajstić information content (AvgIpc) is 2.98. The van der Waals surface area contributed by atoms with Crippen molar-refractivity contribution in [2.75, 3.05) is 0 Å². The van der Waals surface area contributed by atoms with Gasteiger partial charge < -0.3 is 10.3 Å². The number of rotatable bonds is 6. The Hall–Kier alpha value is -2.54. The first-order valence-electron chi connectivity index (χ1n) is 8.33. The van der Waals surface area contributed by atoms with E-state index in [-0.39, 0.29) is 17.0 Å². The monoisotopic (exact) mass is 343 g/mol. The number of benzene rings is 1. The van der Waals surface area contributed by atoms with Crippen molar-refractivity contribution in [3.8, 4) is 0 Å². The van der Waals surface area contributed by atoms with E-state index in [0.29, 0.717) is 23.5 Å². The van der Waals surface area contributed by atoms with Crippen LogP contribution in [-0.4, -0.2) is 19.7 Å². The summed E-state index contributed by atoms with van der Waals surface area (Å²) in [6, 6.07) is 6.01. The molecule has 1 atom stereocenters. The van der Waals surface area contributed by atoms with Crippen LogP contribution in [0.1, 0.15) is 37.8 Å². The van der Waals surface area contributed by atoms with E-state index in [2.05, 4.69) is 34.2 Å². The van der Waals surface area contributed by atoms with Gasteiger partial charge in [0, 0.05) is 30.7 Å². The Bertz CT molecular complexity index is 931. The number of nitrogens with one attached hydrogen (secondary N) is 2. The van der Waals surface area contributed by atoms with Gasteiger partial charge in [0.05, 0.1) is 11.6 Å². The molecule has 2 aromatic heterocycles. The number of halogens is 1. The maximum absolute atomic E-state index is 14.0. The summed E-state index contributed by atoms with van der Waals surface area (Å²) in [5, 5.41) is 7.89. The van der Waals surface area contributed by atoms with Crippen LogP contribution in [0.15, 0.2) is 35.4 Å². The van der Waals surface area contributed by atoms with Crippen LogP contribution in [0.25, 0.3) is 10.9 Å². The van der Waals surface area contributed by atoms with E-state index < -0.39 is 5.82 Å². The van der Waals surface area contributed by atoms with Gasteiger partial charge in [-0.25, -0.2) is 9.37 Å². The second-order valence-electron chi connectivity index (χ2n) is 6.63. The van der Waals surface area contributed by atoms with E-state index in [9.17, 15) is 9.18 Å². The van der Waals surface area contributed by atoms with Crippen LogP contribution in [0.4, 0.5) is 4.39 Å². The van der Waals surface area contributed by atoms with Gasteiger partial charge in [-0.15, -0.1) is 0 Å². The zero-order valence-electron chi connectivity index (χ0n) is 14.6. The zero-order chi connectivity index (χ0) is 18.0. The molecule has 25 heavy (non-hydrogen) atoms. The molecule has 7 heteroatoms. The molecule has 3 aromatic rings. The van der Waals surface area contributed by atoms with Crippen molar-refractivity contribution in [2.24, 2.45) is 13.0 Å². The number of nitrogens with zero attached hydrogens (tertiary/aromatic N) is 3. The summed E-state index contributed by atoms with van der Waals surface area (Å²) in [5.74, 6) is 0.869. The summed E-state index contributed by atoms with van der Waals surface area (Å²) >= 11 is 0. The summed E-state index contributed by atoms with van der Waals surface area (Å²) in [7, 11) is 1.85. The minimum Gasteiger partial charge on any atom is -0.355 e. The van der Waals surface area contributed by atoms with E-state index in [1.807, 2.05) is 7.05 Å². The molecule has 0 amide bonds. The fraction of sp³-hybridized carbons (Fsp3) is 0.389. The minimum atomic E-state index is -0.427. The molecule has 0 radical (unpaired) electrons. The number of fused-ring (bicyclic) bond motifs is 1. The zero-order valence-corrected chi connectivity index (χ0v) is 14.6. The number of para-hydroxylation sites is 1. The third-order valence-electron chi connectivity index (χ3n) is 4.17. The second kappa shape index (κ2) is 7.14. The maximum Gasteiger partial charge on any atom is 0.189 e. The van der Waals surface area contributed by atoms with Crippen molar-refractivity contribution >= 4 is 10.9 Å². The Kier molecular flexibility index (Phi) is 4.94. The van der Waals surface area contributed by atoms with Crippen molar-refractivity contribution in [3.05, 3.63) is 58.2 Å². The number of pyridine rings is 1. The molecule has 1 unspecified atom stereocenters. The number of hydrogen-bond donors (Lipinski definition) is 2. The van der Waals surface area contributed by atoms with Crippen molar-refractivity contribution in [3.63, 3.8) is 0 Å². The van der Waals surface area contributed by atoms with Crippen molar-refractivity contribution in [1.29, 1.82) is 0 Å². The Morgan fingerprint density at radius 1 is 1.36 bits per heavy atom. The predicted molar refractivity (Wildman–Crippen MR) is 94.6 cm³/mol. The highest BCUT2D eigenvalue weighted by atomic mass is 19.1. The van der Waals surface area contributed by atoms with Crippen molar-refractivity contribution in [1.82, 2.24) is 25.1 Å². The largest absolute Gasteiger partial charge is 0.355 e. The third kappa shape index (κ3) is 3.76. The van der Waals surface area contributed by atoms with E-state index in [1.165, 1.54) is 24.5 Å². The van der Waals surface area contributed by atoms with Crippen LogP contribution >= 0.6 is 0 Å². The van der Waals surface area contributed by atoms with Crippen LogP contribution in [0, 0.1) is 11.7 Å². The highest BCUT2D eigenvalue weighted by Gasteiger charge is 2.18. The Labute approximate surface area is 145 Å². The molecule has 0 aliphatic carbocycles. The first kappa shape index (κ1) is 17.3. The molecule has 0 saturated heterocycles. The SMILES string of the molecule is CC(C)CC(NCc1cc(=O)c2cccc(F)c2[nH]1)c1ncnn1C. The Balaban J connectivity index is 1.86. The summed E-state index contributed by atoms with van der Waals surface area (Å²) in [5.41, 5.74) is 0.688. The Morgan fingerprint density at radius 2 is 2.16 bits per heavy atom. The van der Waals surface area contributed by atoms with Crippen LogP contribution in [-0.2, 0) is 13.6 Å². The van der Waals surface area contributed by atoms with Gasteiger partial charge in [-0.2, -0.15) is 5.10 Å². The fourth-order valence-electron chi connectivity index (χ4n) is 2.99. The molecule has 0 aliphatic heterocycles. The number of aryl methyl sites for hydroxylation is 1. The molecular formula is C18H22FN5O. The molecule has 0 aliphatic rings. The summed E-state index contributed by atoms with van der Waals surface area (Å²) in [4.78, 5) is 19.6. The fourth-order valence-corrected chi connectivity index (χ4v) is 2.99. The van der Waals surface area contributed by atoms with E-state index in [4.69, 9.17) is 0 Å². The molecule has 2 heterocycles. The number of H-pyrrole nitrogens is 1. The summed E-state index contributed by atoms with van der Waals surface area (Å²) in [6.45, 7) is 4.68. The number of aromatic amines is 1. The van der Waals surface area contributed by atoms with E-state index >= 15 is 0 Å². The van der Waals surface area contributed by atoms with E-state index in [0.717, 1.165) is 12.2 Å². The number of hydrogen-bond acceptors (Lipinski definition) is 4. The average molecular weight is 343 g/mol. The first-order chi connectivity index (χ1) is 12.0. The van der Waals surface area contributed by atoms with Gasteiger partial charge in [-0.3, -0.25) is 9.48 Å². The lowest BCUT2D eigenvalue weighted by molar-refractivity contribution is 0.399. The highest BCUT2D eigenvalue weighted by molar-refractivity contribution is 5.78. The van der Waals surface area contributed by atoms with Gasteiger partial charge in [0.15, 0.2) is 5.43 Å². The summed E-state index contributed by atoms with van der Waals surface area (Å²) < 4.78 is 15.7. The van der Waals surface area contributed by atoms with Crippen LogP contribution in [0.5, 0.6) is 0 Å². The lowest BCUT2D eigenvalue weighted by atomic mass is 10.0. The molecule has 132 valence electrons. The second-order valence-corrected chi connectivity index (χ2v) is 6.63. The van der Waals surface area contributed by atoms with Crippen molar-refractivity contribution < 1.29 is 4.39 Å². The van der Waals surface area contributed by atoms with Crippen LogP contribution in [0.2, 0.25) is 0 Å². The minimum absolute atomic E-state index is 0.00711. The van der Waals surface area contributed by atoms with Gasteiger partial charge in [-0.1, -0.05) is 19.9 Å². The molecule has 1 aromatic carbocycles. The highest BCUT2D eigenvalue weighted by Crippen LogP contribution is 2.19. The molecular weight excluding hydrogens is 321 g/mol. The quantitative estimate of drug-likeness (QED) is 0.721. The summed E-state index contributed by atoms with van der Waals surface area (Å²) in [6.07, 6.45) is 2.40. The molecule has 0 spiro atoms. The normalized spacial score (nSPS) is 12.8. The predicted octanol–water partition coefficient (Wildman–Crippen LogP) is 2.67. The van der Waals surface area contributed by atoms with Crippen molar-refractivity contribution in [2.45, 2.75) is 32.9 Å². The van der Waals surface area contributed by atoms with Gasteiger partial charge in [0.1, 0.15) is 18.0 Å². The molecule has 2 N–H and O–H groups in total. The van der Waals surface area contributed by atoms with Gasteiger partial charge in [0.2, 0.25) is 0 Å². The molecule has 0 saturated carbocycles.